The molecule has 0 atom stereocenters. The van der Waals surface area contributed by atoms with Crippen LogP contribution in [0.3, 0.4) is 0 Å². The maximum atomic E-state index is 14.4. The van der Waals surface area contributed by atoms with Crippen LogP contribution in [0.15, 0.2) is 18.3 Å². The number of fused-ring (bicyclic) bond motifs is 1. The van der Waals surface area contributed by atoms with E-state index in [9.17, 15) is 9.18 Å². The van der Waals surface area contributed by atoms with E-state index in [2.05, 4.69) is 20.7 Å². The summed E-state index contributed by atoms with van der Waals surface area (Å²) in [5.41, 5.74) is 2.49. The summed E-state index contributed by atoms with van der Waals surface area (Å²) < 4.78 is 16.0. The van der Waals surface area contributed by atoms with Gasteiger partial charge in [0.1, 0.15) is 10.7 Å². The molecule has 3 aromatic rings. The van der Waals surface area contributed by atoms with E-state index in [1.807, 2.05) is 13.8 Å². The van der Waals surface area contributed by atoms with Crippen molar-refractivity contribution < 1.29 is 9.18 Å². The highest BCUT2D eigenvalue weighted by Crippen LogP contribution is 2.33. The molecular weight excluding hydrogens is 353 g/mol. The first-order valence-corrected chi connectivity index (χ1v) is 9.48. The molecule has 8 heteroatoms. The predicted molar refractivity (Wildman–Crippen MR) is 99.5 cm³/mol. The summed E-state index contributed by atoms with van der Waals surface area (Å²) in [5.74, 6) is -0.218. The lowest BCUT2D eigenvalue weighted by Gasteiger charge is -2.21. The van der Waals surface area contributed by atoms with Gasteiger partial charge in [-0.1, -0.05) is 0 Å². The minimum atomic E-state index is -0.462. The van der Waals surface area contributed by atoms with E-state index >= 15 is 0 Å². The van der Waals surface area contributed by atoms with Crippen molar-refractivity contribution in [2.24, 2.45) is 0 Å². The molecule has 0 radical (unpaired) electrons. The molecule has 1 aliphatic heterocycles. The molecule has 136 valence electrons. The molecular formula is C18H20FN5OS. The molecule has 4 rings (SSSR count). The second-order valence-electron chi connectivity index (χ2n) is 6.67. The van der Waals surface area contributed by atoms with Crippen LogP contribution in [0.5, 0.6) is 0 Å². The standard InChI is InChI=1S/C18H20FN5OS/c1-10-7-15(23-24-9-11(2)21-17(10)24)22-18(25)16-13(19)8-14(26-16)12-3-5-20-6-4-12/h7-9,12,20H,3-6H2,1-2H3,(H,22,23,25). The van der Waals surface area contributed by atoms with Crippen LogP contribution in [-0.4, -0.2) is 33.6 Å². The number of rotatable bonds is 3. The van der Waals surface area contributed by atoms with Crippen LogP contribution < -0.4 is 10.6 Å². The number of carbonyl (C=O) groups excluding carboxylic acids is 1. The number of carbonyl (C=O) groups is 1. The number of nitrogens with zero attached hydrogens (tertiary/aromatic N) is 3. The van der Waals surface area contributed by atoms with Crippen molar-refractivity contribution in [3.8, 4) is 0 Å². The maximum absolute atomic E-state index is 14.4. The van der Waals surface area contributed by atoms with Gasteiger partial charge in [-0.2, -0.15) is 0 Å². The van der Waals surface area contributed by atoms with Crippen molar-refractivity contribution in [3.63, 3.8) is 0 Å². The van der Waals surface area contributed by atoms with Gasteiger partial charge in [0.2, 0.25) is 0 Å². The number of hydrogen-bond donors (Lipinski definition) is 2. The summed E-state index contributed by atoms with van der Waals surface area (Å²) in [6, 6.07) is 3.26. The average Bonchev–Trinajstić information content (AvgIpc) is 3.18. The number of thiophene rings is 1. The summed E-state index contributed by atoms with van der Waals surface area (Å²) in [6.07, 6.45) is 3.73. The second kappa shape index (κ2) is 6.77. The fourth-order valence-corrected chi connectivity index (χ4v) is 4.43. The highest BCUT2D eigenvalue weighted by Gasteiger charge is 2.23. The molecule has 0 saturated carbocycles. The van der Waals surface area contributed by atoms with Crippen molar-refractivity contribution in [1.82, 2.24) is 19.9 Å². The minimum absolute atomic E-state index is 0.111. The van der Waals surface area contributed by atoms with Gasteiger partial charge >= 0.3 is 0 Å². The third-order valence-corrected chi connectivity index (χ3v) is 5.90. The van der Waals surface area contributed by atoms with Gasteiger partial charge in [0, 0.05) is 4.88 Å². The van der Waals surface area contributed by atoms with Crippen molar-refractivity contribution in [2.75, 3.05) is 18.4 Å². The molecule has 2 N–H and O–H groups in total. The van der Waals surface area contributed by atoms with E-state index < -0.39 is 11.7 Å². The van der Waals surface area contributed by atoms with Crippen LogP contribution in [0, 0.1) is 19.7 Å². The number of amides is 1. The van der Waals surface area contributed by atoms with Crippen molar-refractivity contribution >= 4 is 28.7 Å². The number of halogens is 1. The zero-order valence-electron chi connectivity index (χ0n) is 14.7. The van der Waals surface area contributed by atoms with E-state index in [1.54, 1.807) is 16.8 Å². The number of piperidine rings is 1. The van der Waals surface area contributed by atoms with Crippen molar-refractivity contribution in [2.45, 2.75) is 32.6 Å². The van der Waals surface area contributed by atoms with Crippen molar-refractivity contribution in [3.05, 3.63) is 45.2 Å². The number of aryl methyl sites for hydroxylation is 2. The minimum Gasteiger partial charge on any atom is -0.317 e. The Bertz CT molecular complexity index is 974. The molecule has 0 bridgehead atoms. The first-order valence-electron chi connectivity index (χ1n) is 8.66. The summed E-state index contributed by atoms with van der Waals surface area (Å²) in [5, 5.41) is 10.4. The van der Waals surface area contributed by atoms with Gasteiger partial charge in [0.15, 0.2) is 11.5 Å². The van der Waals surface area contributed by atoms with Crippen LogP contribution in [0.1, 0.15) is 44.6 Å². The lowest BCUT2D eigenvalue weighted by Crippen LogP contribution is -2.26. The third kappa shape index (κ3) is 3.22. The molecule has 0 unspecified atom stereocenters. The molecule has 26 heavy (non-hydrogen) atoms. The normalized spacial score (nSPS) is 15.5. The molecule has 4 heterocycles. The smallest absolute Gasteiger partial charge is 0.269 e. The Morgan fingerprint density at radius 3 is 2.88 bits per heavy atom. The number of nitrogens with one attached hydrogen (secondary N) is 2. The lowest BCUT2D eigenvalue weighted by atomic mass is 9.96. The van der Waals surface area contributed by atoms with Gasteiger partial charge in [-0.25, -0.2) is 13.9 Å². The van der Waals surface area contributed by atoms with Gasteiger partial charge in [-0.05, 0) is 63.4 Å². The van der Waals surface area contributed by atoms with Crippen LogP contribution in [-0.2, 0) is 0 Å². The third-order valence-electron chi connectivity index (χ3n) is 4.62. The van der Waals surface area contributed by atoms with Crippen LogP contribution in [0.2, 0.25) is 0 Å². The van der Waals surface area contributed by atoms with E-state index in [1.165, 1.54) is 17.4 Å². The van der Waals surface area contributed by atoms with Gasteiger partial charge in [0.25, 0.3) is 5.91 Å². The molecule has 0 spiro atoms. The summed E-state index contributed by atoms with van der Waals surface area (Å²) >= 11 is 1.24. The largest absolute Gasteiger partial charge is 0.317 e. The van der Waals surface area contributed by atoms with Crippen LogP contribution >= 0.6 is 11.3 Å². The van der Waals surface area contributed by atoms with E-state index in [-0.39, 0.29) is 4.88 Å². The van der Waals surface area contributed by atoms with E-state index in [4.69, 9.17) is 0 Å². The predicted octanol–water partition coefficient (Wildman–Crippen LogP) is 3.27. The molecule has 1 fully saturated rings. The van der Waals surface area contributed by atoms with Gasteiger partial charge in [0.05, 0.1) is 11.9 Å². The van der Waals surface area contributed by atoms with Crippen LogP contribution in [0.25, 0.3) is 5.65 Å². The zero-order chi connectivity index (χ0) is 18.3. The number of anilines is 1. The van der Waals surface area contributed by atoms with Crippen LogP contribution in [0.4, 0.5) is 10.2 Å². The number of imidazole rings is 1. The van der Waals surface area contributed by atoms with Crippen molar-refractivity contribution in [1.29, 1.82) is 0 Å². The zero-order valence-corrected chi connectivity index (χ0v) is 15.5. The monoisotopic (exact) mass is 373 g/mol. The Morgan fingerprint density at radius 2 is 2.12 bits per heavy atom. The van der Waals surface area contributed by atoms with E-state index in [0.717, 1.165) is 47.7 Å². The first-order chi connectivity index (χ1) is 12.5. The summed E-state index contributed by atoms with van der Waals surface area (Å²) in [6.45, 7) is 5.65. The molecule has 3 aromatic heterocycles. The molecule has 0 aliphatic carbocycles. The summed E-state index contributed by atoms with van der Waals surface area (Å²) in [7, 11) is 0. The number of aromatic nitrogens is 3. The van der Waals surface area contributed by atoms with Gasteiger partial charge in [-0.3, -0.25) is 4.79 Å². The summed E-state index contributed by atoms with van der Waals surface area (Å²) in [4.78, 5) is 18.0. The van der Waals surface area contributed by atoms with Gasteiger partial charge < -0.3 is 10.6 Å². The Kier molecular flexibility index (Phi) is 4.46. The Morgan fingerprint density at radius 1 is 1.35 bits per heavy atom. The SMILES string of the molecule is Cc1cn2nc(NC(=O)c3sc(C4CCNCC4)cc3F)cc(C)c2n1. The molecule has 6 nitrogen and oxygen atoms in total. The number of hydrogen-bond acceptors (Lipinski definition) is 5. The maximum Gasteiger partial charge on any atom is 0.269 e. The highest BCUT2D eigenvalue weighted by molar-refractivity contribution is 7.14. The fourth-order valence-electron chi connectivity index (χ4n) is 3.33. The lowest BCUT2D eigenvalue weighted by molar-refractivity contribution is 0.102. The Balaban J connectivity index is 1.57. The fraction of sp³-hybridized carbons (Fsp3) is 0.389. The highest BCUT2D eigenvalue weighted by atomic mass is 32.1. The van der Waals surface area contributed by atoms with E-state index in [0.29, 0.717) is 11.7 Å². The Labute approximate surface area is 154 Å². The molecule has 1 saturated heterocycles. The first kappa shape index (κ1) is 17.1. The second-order valence-corrected chi connectivity index (χ2v) is 7.75. The average molecular weight is 373 g/mol. The Hall–Kier alpha value is -2.32. The quantitative estimate of drug-likeness (QED) is 0.739. The topological polar surface area (TPSA) is 71.3 Å². The molecule has 1 amide bonds. The molecule has 1 aliphatic rings. The van der Waals surface area contributed by atoms with Gasteiger partial charge in [-0.15, -0.1) is 16.4 Å². The molecule has 0 aromatic carbocycles.